The summed E-state index contributed by atoms with van der Waals surface area (Å²) in [7, 11) is 0. The first-order valence-corrected chi connectivity index (χ1v) is 9.31. The summed E-state index contributed by atoms with van der Waals surface area (Å²) in [5.74, 6) is 0. The van der Waals surface area contributed by atoms with E-state index >= 15 is 0 Å². The van der Waals surface area contributed by atoms with Crippen molar-refractivity contribution in [1.29, 1.82) is 0 Å². The number of rotatable bonds is 0. The van der Waals surface area contributed by atoms with Crippen LogP contribution < -0.4 is 0 Å². The van der Waals surface area contributed by atoms with E-state index in [1.54, 1.807) is 11.1 Å². The van der Waals surface area contributed by atoms with Gasteiger partial charge in [-0.3, -0.25) is 0 Å². The van der Waals surface area contributed by atoms with Crippen molar-refractivity contribution >= 4 is 0 Å². The van der Waals surface area contributed by atoms with Gasteiger partial charge in [-0.1, -0.05) is 78.7 Å². The SMILES string of the molecule is CC(C)(C)C1=CCCCC1.CC1(C)CC=C(C(C)(C)C)CC1. The minimum Gasteiger partial charge on any atom is -0.0848 e. The normalized spacial score (nSPS) is 22.2. The zero-order valence-corrected chi connectivity index (χ0v) is 16.6. The molecule has 22 heavy (non-hydrogen) atoms. The summed E-state index contributed by atoms with van der Waals surface area (Å²) >= 11 is 0. The zero-order chi connectivity index (χ0) is 17.0. The smallest absolute Gasteiger partial charge is 0.0173 e. The van der Waals surface area contributed by atoms with Gasteiger partial charge in [0.1, 0.15) is 0 Å². The summed E-state index contributed by atoms with van der Waals surface area (Å²) in [6.07, 6.45) is 14.3. The molecule has 0 aromatic rings. The highest BCUT2D eigenvalue weighted by molar-refractivity contribution is 5.15. The largest absolute Gasteiger partial charge is 0.0848 e. The predicted molar refractivity (Wildman–Crippen MR) is 101 cm³/mol. The zero-order valence-electron chi connectivity index (χ0n) is 16.6. The van der Waals surface area contributed by atoms with E-state index in [2.05, 4.69) is 67.5 Å². The molecule has 0 aromatic heterocycles. The Morgan fingerprint density at radius 3 is 1.64 bits per heavy atom. The highest BCUT2D eigenvalue weighted by atomic mass is 14.3. The Morgan fingerprint density at radius 1 is 0.773 bits per heavy atom. The van der Waals surface area contributed by atoms with Gasteiger partial charge in [0.05, 0.1) is 0 Å². The molecule has 0 unspecified atom stereocenters. The van der Waals surface area contributed by atoms with E-state index in [-0.39, 0.29) is 0 Å². The minimum absolute atomic E-state index is 0.399. The molecule has 0 aromatic carbocycles. The molecule has 128 valence electrons. The van der Waals surface area contributed by atoms with Crippen LogP contribution in [-0.2, 0) is 0 Å². The molecule has 2 rings (SSSR count). The maximum Gasteiger partial charge on any atom is -0.0173 e. The standard InChI is InChI=1S/C12H22.C10H18/c1-11(2,3)10-6-8-12(4,5)9-7-10;1-10(2,3)9-7-5-4-6-8-9/h6H,7-9H2,1-5H3;7H,4-6,8H2,1-3H3. The lowest BCUT2D eigenvalue weighted by molar-refractivity contribution is 0.303. The van der Waals surface area contributed by atoms with E-state index in [0.29, 0.717) is 16.2 Å². The molecule has 0 N–H and O–H groups in total. The van der Waals surface area contributed by atoms with E-state index < -0.39 is 0 Å². The Labute approximate surface area is 140 Å². The second-order valence-electron chi connectivity index (χ2n) is 10.1. The van der Waals surface area contributed by atoms with Crippen LogP contribution in [0.1, 0.15) is 100 Å². The topological polar surface area (TPSA) is 0 Å². The van der Waals surface area contributed by atoms with Crippen LogP contribution in [0.4, 0.5) is 0 Å². The fourth-order valence-corrected chi connectivity index (χ4v) is 3.28. The van der Waals surface area contributed by atoms with Crippen LogP contribution in [0.5, 0.6) is 0 Å². The lowest BCUT2D eigenvalue weighted by Crippen LogP contribution is -2.20. The average molecular weight is 305 g/mol. The highest BCUT2D eigenvalue weighted by Crippen LogP contribution is 2.40. The first-order valence-electron chi connectivity index (χ1n) is 9.31. The molecular formula is C22H40. The molecule has 0 nitrogen and oxygen atoms in total. The van der Waals surface area contributed by atoms with Crippen LogP contribution in [0.25, 0.3) is 0 Å². The van der Waals surface area contributed by atoms with Crippen molar-refractivity contribution in [2.75, 3.05) is 0 Å². The lowest BCUT2D eigenvalue weighted by atomic mass is 9.72. The van der Waals surface area contributed by atoms with E-state index in [1.807, 2.05) is 0 Å². The van der Waals surface area contributed by atoms with Gasteiger partial charge in [0.15, 0.2) is 0 Å². The Bertz CT molecular complexity index is 404. The summed E-state index contributed by atoms with van der Waals surface area (Å²) in [6.45, 7) is 18.6. The van der Waals surface area contributed by atoms with Gasteiger partial charge in [0.25, 0.3) is 0 Å². The third-order valence-electron chi connectivity index (χ3n) is 5.19. The highest BCUT2D eigenvalue weighted by Gasteiger charge is 2.26. The maximum atomic E-state index is 2.46. The Kier molecular flexibility index (Phi) is 6.54. The van der Waals surface area contributed by atoms with Crippen LogP contribution in [0.15, 0.2) is 23.3 Å². The molecule has 0 bridgehead atoms. The molecule has 0 amide bonds. The molecule has 2 aliphatic carbocycles. The van der Waals surface area contributed by atoms with Crippen molar-refractivity contribution < 1.29 is 0 Å². The van der Waals surface area contributed by atoms with Gasteiger partial charge in [0, 0.05) is 0 Å². The third kappa shape index (κ3) is 6.71. The number of hydrogen-bond donors (Lipinski definition) is 0. The summed E-state index contributed by atoms with van der Waals surface area (Å²) in [4.78, 5) is 0. The van der Waals surface area contributed by atoms with Crippen molar-refractivity contribution in [2.45, 2.75) is 100 Å². The van der Waals surface area contributed by atoms with Crippen LogP contribution in [0.3, 0.4) is 0 Å². The van der Waals surface area contributed by atoms with E-state index in [1.165, 1.54) is 44.9 Å². The Hall–Kier alpha value is -0.520. The van der Waals surface area contributed by atoms with Gasteiger partial charge < -0.3 is 0 Å². The van der Waals surface area contributed by atoms with Crippen LogP contribution in [0.2, 0.25) is 0 Å². The molecule has 0 heteroatoms. The first-order chi connectivity index (χ1) is 9.92. The number of allylic oxidation sites excluding steroid dienone is 4. The molecule has 0 saturated heterocycles. The molecule has 0 atom stereocenters. The Morgan fingerprint density at radius 2 is 1.32 bits per heavy atom. The monoisotopic (exact) mass is 304 g/mol. The van der Waals surface area contributed by atoms with E-state index in [0.717, 1.165) is 0 Å². The second-order valence-corrected chi connectivity index (χ2v) is 10.1. The molecule has 0 fully saturated rings. The molecule has 0 spiro atoms. The fourth-order valence-electron chi connectivity index (χ4n) is 3.28. The average Bonchev–Trinajstić information content (AvgIpc) is 2.38. The summed E-state index contributed by atoms with van der Waals surface area (Å²) in [6, 6.07) is 0. The summed E-state index contributed by atoms with van der Waals surface area (Å²) in [5.41, 5.74) is 4.70. The van der Waals surface area contributed by atoms with Crippen molar-refractivity contribution in [2.24, 2.45) is 16.2 Å². The van der Waals surface area contributed by atoms with Crippen LogP contribution in [-0.4, -0.2) is 0 Å². The van der Waals surface area contributed by atoms with Crippen molar-refractivity contribution in [1.82, 2.24) is 0 Å². The van der Waals surface area contributed by atoms with Crippen molar-refractivity contribution in [3.05, 3.63) is 23.3 Å². The first kappa shape index (κ1) is 19.5. The van der Waals surface area contributed by atoms with Gasteiger partial charge in [-0.15, -0.1) is 0 Å². The quantitative estimate of drug-likeness (QED) is 0.402. The summed E-state index contributed by atoms with van der Waals surface area (Å²) < 4.78 is 0. The molecule has 0 saturated carbocycles. The third-order valence-corrected chi connectivity index (χ3v) is 5.19. The maximum absolute atomic E-state index is 2.46. The van der Waals surface area contributed by atoms with E-state index in [9.17, 15) is 0 Å². The van der Waals surface area contributed by atoms with Gasteiger partial charge >= 0.3 is 0 Å². The molecule has 0 aliphatic heterocycles. The fraction of sp³-hybridized carbons (Fsp3) is 0.818. The van der Waals surface area contributed by atoms with E-state index in [4.69, 9.17) is 0 Å². The van der Waals surface area contributed by atoms with Gasteiger partial charge in [0.2, 0.25) is 0 Å². The molecule has 0 heterocycles. The van der Waals surface area contributed by atoms with Gasteiger partial charge in [-0.05, 0) is 61.2 Å². The lowest BCUT2D eigenvalue weighted by Gasteiger charge is -2.33. The number of hydrogen-bond acceptors (Lipinski definition) is 0. The predicted octanol–water partition coefficient (Wildman–Crippen LogP) is 7.70. The molecular weight excluding hydrogens is 264 g/mol. The molecule has 0 radical (unpaired) electrons. The van der Waals surface area contributed by atoms with Gasteiger partial charge in [-0.25, -0.2) is 0 Å². The molecule has 2 aliphatic rings. The van der Waals surface area contributed by atoms with Crippen molar-refractivity contribution in [3.63, 3.8) is 0 Å². The summed E-state index contributed by atoms with van der Waals surface area (Å²) in [5, 5.41) is 0. The van der Waals surface area contributed by atoms with Crippen molar-refractivity contribution in [3.8, 4) is 0 Å². The minimum atomic E-state index is 0.399. The second kappa shape index (κ2) is 7.37. The van der Waals surface area contributed by atoms with Gasteiger partial charge in [-0.2, -0.15) is 0 Å². The Balaban J connectivity index is 0.000000224. The van der Waals surface area contributed by atoms with Crippen LogP contribution in [0, 0.1) is 16.2 Å². The van der Waals surface area contributed by atoms with Crippen LogP contribution >= 0.6 is 0 Å².